The molecule has 0 aliphatic rings. The first-order chi connectivity index (χ1) is 14.0. The summed E-state index contributed by atoms with van der Waals surface area (Å²) >= 11 is 0. The number of anilines is 1. The van der Waals surface area contributed by atoms with Crippen molar-refractivity contribution < 1.29 is 14.3 Å². The fourth-order valence-electron chi connectivity index (χ4n) is 2.82. The van der Waals surface area contributed by atoms with Crippen LogP contribution in [-0.2, 0) is 9.53 Å². The molecule has 0 aliphatic carbocycles. The fraction of sp³-hybridized carbons (Fsp3) is 0.273. The Hall–Kier alpha value is -3.48. The lowest BCUT2D eigenvalue weighted by molar-refractivity contribution is -0.123. The minimum Gasteiger partial charge on any atom is -0.449 e. The van der Waals surface area contributed by atoms with Crippen LogP contribution in [0.15, 0.2) is 61.1 Å². The highest BCUT2D eigenvalue weighted by Gasteiger charge is 2.21. The molecule has 150 valence electrons. The Morgan fingerprint density at radius 3 is 2.59 bits per heavy atom. The van der Waals surface area contributed by atoms with Crippen LogP contribution in [0, 0.1) is 0 Å². The van der Waals surface area contributed by atoms with Gasteiger partial charge in [-0.2, -0.15) is 5.10 Å². The van der Waals surface area contributed by atoms with Crippen molar-refractivity contribution in [3.8, 4) is 5.82 Å². The van der Waals surface area contributed by atoms with E-state index in [2.05, 4.69) is 29.2 Å². The van der Waals surface area contributed by atoms with Crippen molar-refractivity contribution in [3.05, 3.63) is 72.2 Å². The fourth-order valence-corrected chi connectivity index (χ4v) is 2.82. The average molecular weight is 392 g/mol. The normalized spacial score (nSPS) is 12.8. The highest BCUT2D eigenvalue weighted by molar-refractivity contribution is 5.97. The number of nitrogens with one attached hydrogen (secondary N) is 1. The predicted octanol–water partition coefficient (Wildman–Crippen LogP) is 3.96. The molecule has 0 aliphatic heterocycles. The molecule has 7 heteroatoms. The summed E-state index contributed by atoms with van der Waals surface area (Å²) in [5.41, 5.74) is 2.06. The highest BCUT2D eigenvalue weighted by atomic mass is 16.5. The molecule has 29 heavy (non-hydrogen) atoms. The summed E-state index contributed by atoms with van der Waals surface area (Å²) in [5, 5.41) is 6.95. The highest BCUT2D eigenvalue weighted by Crippen LogP contribution is 2.26. The first kappa shape index (κ1) is 20.3. The van der Waals surface area contributed by atoms with Gasteiger partial charge < -0.3 is 10.1 Å². The number of hydrogen-bond donors (Lipinski definition) is 1. The zero-order valence-electron chi connectivity index (χ0n) is 16.7. The van der Waals surface area contributed by atoms with Crippen molar-refractivity contribution >= 4 is 17.6 Å². The molecule has 0 bridgehead atoms. The van der Waals surface area contributed by atoms with Crippen molar-refractivity contribution in [2.24, 2.45) is 0 Å². The maximum absolute atomic E-state index is 12.5. The molecule has 2 atom stereocenters. The van der Waals surface area contributed by atoms with Gasteiger partial charge in [-0.25, -0.2) is 14.5 Å². The molecule has 2 unspecified atom stereocenters. The Labute approximate surface area is 169 Å². The van der Waals surface area contributed by atoms with Crippen molar-refractivity contribution in [2.45, 2.75) is 39.2 Å². The third-order valence-electron chi connectivity index (χ3n) is 4.74. The summed E-state index contributed by atoms with van der Waals surface area (Å²) in [6, 6.07) is 12.7. The summed E-state index contributed by atoms with van der Waals surface area (Å²) in [4.78, 5) is 29.1. The van der Waals surface area contributed by atoms with E-state index in [1.807, 2.05) is 24.3 Å². The Morgan fingerprint density at radius 2 is 1.93 bits per heavy atom. The molecule has 2 aromatic heterocycles. The molecule has 0 radical (unpaired) electrons. The summed E-state index contributed by atoms with van der Waals surface area (Å²) in [7, 11) is 0. The number of carbonyl (C=O) groups excluding carboxylic acids is 2. The number of amides is 1. The molecular formula is C22H24N4O3. The molecule has 2 heterocycles. The van der Waals surface area contributed by atoms with Gasteiger partial charge in [0, 0.05) is 24.3 Å². The van der Waals surface area contributed by atoms with E-state index in [-0.39, 0.29) is 11.5 Å². The molecular weight excluding hydrogens is 368 g/mol. The van der Waals surface area contributed by atoms with Crippen molar-refractivity contribution in [2.75, 3.05) is 5.32 Å². The largest absolute Gasteiger partial charge is 0.449 e. The molecule has 3 rings (SSSR count). The topological polar surface area (TPSA) is 86.1 Å². The van der Waals surface area contributed by atoms with E-state index < -0.39 is 12.1 Å². The van der Waals surface area contributed by atoms with E-state index in [1.54, 1.807) is 42.2 Å². The quantitative estimate of drug-likeness (QED) is 0.615. The third-order valence-corrected chi connectivity index (χ3v) is 4.74. The lowest BCUT2D eigenvalue weighted by Gasteiger charge is -2.18. The Bertz CT molecular complexity index is 968. The Morgan fingerprint density at radius 1 is 1.14 bits per heavy atom. The van der Waals surface area contributed by atoms with Gasteiger partial charge in [-0.1, -0.05) is 32.0 Å². The number of carbonyl (C=O) groups is 2. The summed E-state index contributed by atoms with van der Waals surface area (Å²) in [6.45, 7) is 5.75. The Kier molecular flexibility index (Phi) is 6.39. The number of nitrogens with zero attached hydrogens (tertiary/aromatic N) is 3. The lowest BCUT2D eigenvalue weighted by atomic mass is 9.97. The van der Waals surface area contributed by atoms with Crippen LogP contribution in [0.4, 0.5) is 5.69 Å². The first-order valence-corrected chi connectivity index (χ1v) is 9.56. The maximum Gasteiger partial charge on any atom is 0.340 e. The minimum absolute atomic E-state index is 0.264. The molecule has 0 saturated carbocycles. The first-order valence-electron chi connectivity index (χ1n) is 9.56. The van der Waals surface area contributed by atoms with E-state index in [0.717, 1.165) is 17.7 Å². The molecule has 3 aromatic rings. The third kappa shape index (κ3) is 4.87. The van der Waals surface area contributed by atoms with Crippen molar-refractivity contribution in [3.63, 3.8) is 0 Å². The van der Waals surface area contributed by atoms with Crippen LogP contribution in [0.2, 0.25) is 0 Å². The van der Waals surface area contributed by atoms with Gasteiger partial charge in [-0.3, -0.25) is 4.79 Å². The molecule has 1 aromatic carbocycles. The molecule has 0 spiro atoms. The number of rotatable bonds is 7. The molecule has 0 fully saturated rings. The average Bonchev–Trinajstić information content (AvgIpc) is 3.28. The van der Waals surface area contributed by atoms with Gasteiger partial charge in [-0.05, 0) is 49.1 Å². The lowest BCUT2D eigenvalue weighted by Crippen LogP contribution is -2.30. The summed E-state index contributed by atoms with van der Waals surface area (Å²) < 4.78 is 6.90. The molecule has 1 N–H and O–H groups in total. The van der Waals surface area contributed by atoms with Crippen molar-refractivity contribution in [1.29, 1.82) is 0 Å². The maximum atomic E-state index is 12.5. The van der Waals surface area contributed by atoms with Crippen LogP contribution in [0.3, 0.4) is 0 Å². The Balaban J connectivity index is 1.63. The SMILES string of the molecule is CCC(C)c1ccccc1NC(=O)C(C)OC(=O)c1ccc(-n2cccn2)nc1. The van der Waals surface area contributed by atoms with Crippen LogP contribution in [0.25, 0.3) is 5.82 Å². The van der Waals surface area contributed by atoms with Gasteiger partial charge in [0.1, 0.15) is 0 Å². The molecule has 0 saturated heterocycles. The monoisotopic (exact) mass is 392 g/mol. The van der Waals surface area contributed by atoms with E-state index in [9.17, 15) is 9.59 Å². The second-order valence-electron chi connectivity index (χ2n) is 6.79. The van der Waals surface area contributed by atoms with Crippen LogP contribution >= 0.6 is 0 Å². The van der Waals surface area contributed by atoms with Gasteiger partial charge in [0.2, 0.25) is 0 Å². The van der Waals surface area contributed by atoms with Gasteiger partial charge in [0.15, 0.2) is 11.9 Å². The molecule has 1 amide bonds. The van der Waals surface area contributed by atoms with E-state index >= 15 is 0 Å². The van der Waals surface area contributed by atoms with Crippen LogP contribution in [0.1, 0.15) is 49.0 Å². The second-order valence-corrected chi connectivity index (χ2v) is 6.79. The van der Waals surface area contributed by atoms with Crippen LogP contribution in [-0.4, -0.2) is 32.7 Å². The second kappa shape index (κ2) is 9.14. The summed E-state index contributed by atoms with van der Waals surface area (Å²) in [6.07, 6.45) is 4.81. The number of aromatic nitrogens is 3. The van der Waals surface area contributed by atoms with Gasteiger partial charge >= 0.3 is 5.97 Å². The number of pyridine rings is 1. The molecule has 7 nitrogen and oxygen atoms in total. The number of para-hydroxylation sites is 1. The number of esters is 1. The zero-order chi connectivity index (χ0) is 20.8. The van der Waals surface area contributed by atoms with Crippen LogP contribution in [0.5, 0.6) is 0 Å². The number of hydrogen-bond acceptors (Lipinski definition) is 5. The number of ether oxygens (including phenoxy) is 1. The standard InChI is InChI=1S/C22H24N4O3/c1-4-15(2)18-8-5-6-9-19(18)25-21(27)16(3)29-22(28)17-10-11-20(23-14-17)26-13-7-12-24-26/h5-16H,4H2,1-3H3,(H,25,27). The summed E-state index contributed by atoms with van der Waals surface area (Å²) in [5.74, 6) is -0.0969. The smallest absolute Gasteiger partial charge is 0.340 e. The minimum atomic E-state index is -0.946. The number of benzene rings is 1. The van der Waals surface area contributed by atoms with Gasteiger partial charge in [0.25, 0.3) is 5.91 Å². The van der Waals surface area contributed by atoms with Gasteiger partial charge in [-0.15, -0.1) is 0 Å². The van der Waals surface area contributed by atoms with E-state index in [0.29, 0.717) is 11.7 Å². The van der Waals surface area contributed by atoms with E-state index in [4.69, 9.17) is 4.74 Å². The van der Waals surface area contributed by atoms with E-state index in [1.165, 1.54) is 6.20 Å². The predicted molar refractivity (Wildman–Crippen MR) is 110 cm³/mol. The van der Waals surface area contributed by atoms with Crippen LogP contribution < -0.4 is 5.32 Å². The van der Waals surface area contributed by atoms with Crippen molar-refractivity contribution in [1.82, 2.24) is 14.8 Å². The zero-order valence-corrected chi connectivity index (χ0v) is 16.7. The van der Waals surface area contributed by atoms with Gasteiger partial charge in [0.05, 0.1) is 5.56 Å².